The molecule has 2 aliphatic heterocycles. The highest BCUT2D eigenvalue weighted by molar-refractivity contribution is 5.93. The minimum atomic E-state index is -0.730. The summed E-state index contributed by atoms with van der Waals surface area (Å²) >= 11 is 0. The van der Waals surface area contributed by atoms with Gasteiger partial charge in [-0.15, -0.1) is 0 Å². The molecular weight excluding hydrogens is 479 g/mol. The fourth-order valence-corrected chi connectivity index (χ4v) is 4.93. The molecule has 1 saturated carbocycles. The molecule has 37 heavy (non-hydrogen) atoms. The number of aliphatic hydroxyl groups excluding tert-OH is 1. The van der Waals surface area contributed by atoms with Gasteiger partial charge < -0.3 is 28.8 Å². The summed E-state index contributed by atoms with van der Waals surface area (Å²) in [6, 6.07) is 5.83. The predicted octanol–water partition coefficient (Wildman–Crippen LogP) is 4.17. The highest BCUT2D eigenvalue weighted by Crippen LogP contribution is 2.37. The number of hydrogen-bond donors (Lipinski definition) is 1. The van der Waals surface area contributed by atoms with E-state index in [0.717, 1.165) is 38.5 Å². The number of aliphatic hydroxyl groups is 1. The van der Waals surface area contributed by atoms with Gasteiger partial charge in [0.05, 0.1) is 18.1 Å². The van der Waals surface area contributed by atoms with E-state index in [1.807, 2.05) is 12.2 Å². The molecule has 8 heteroatoms. The Balaban J connectivity index is 1.50. The fourth-order valence-electron chi connectivity index (χ4n) is 4.93. The lowest BCUT2D eigenvalue weighted by Gasteiger charge is -2.29. The highest BCUT2D eigenvalue weighted by Gasteiger charge is 2.42. The summed E-state index contributed by atoms with van der Waals surface area (Å²) in [5.74, 6) is 4.78. The Bertz CT molecular complexity index is 941. The van der Waals surface area contributed by atoms with Crippen molar-refractivity contribution in [3.63, 3.8) is 0 Å². The topological polar surface area (TPSA) is 83.5 Å². The molecule has 3 aliphatic rings. The molecule has 3 fully saturated rings. The van der Waals surface area contributed by atoms with Crippen LogP contribution in [0.25, 0.3) is 0 Å². The van der Waals surface area contributed by atoms with E-state index in [9.17, 15) is 14.3 Å². The minimum Gasteiger partial charge on any atom is -0.491 e. The first-order valence-electron chi connectivity index (χ1n) is 13.3. The third-order valence-electron chi connectivity index (χ3n) is 6.85. The van der Waals surface area contributed by atoms with E-state index in [2.05, 4.69) is 11.8 Å². The lowest BCUT2D eigenvalue weighted by atomic mass is 9.93. The first-order chi connectivity index (χ1) is 18.0. The number of hydrogen-bond acceptors (Lipinski definition) is 7. The Morgan fingerprint density at radius 1 is 1.14 bits per heavy atom. The van der Waals surface area contributed by atoms with Crippen molar-refractivity contribution in [1.29, 1.82) is 0 Å². The van der Waals surface area contributed by atoms with E-state index in [-0.39, 0.29) is 42.8 Å². The minimum absolute atomic E-state index is 0.193. The number of carbonyl (C=O) groups is 1. The largest absolute Gasteiger partial charge is 0.491 e. The molecule has 0 bridgehead atoms. The zero-order chi connectivity index (χ0) is 26.0. The van der Waals surface area contributed by atoms with Crippen molar-refractivity contribution in [2.24, 2.45) is 11.8 Å². The molecule has 7 nitrogen and oxygen atoms in total. The van der Waals surface area contributed by atoms with Gasteiger partial charge in [0.1, 0.15) is 24.3 Å². The summed E-state index contributed by atoms with van der Waals surface area (Å²) in [4.78, 5) is 11.5. The predicted molar refractivity (Wildman–Crippen MR) is 134 cm³/mol. The van der Waals surface area contributed by atoms with Crippen LogP contribution in [0, 0.1) is 29.5 Å². The van der Waals surface area contributed by atoms with Crippen molar-refractivity contribution in [1.82, 2.24) is 0 Å². The van der Waals surface area contributed by atoms with Gasteiger partial charge in [-0.25, -0.2) is 4.39 Å². The van der Waals surface area contributed by atoms with Crippen LogP contribution in [0.2, 0.25) is 0 Å². The molecule has 1 aliphatic carbocycles. The molecule has 1 N–H and O–H groups in total. The third-order valence-corrected chi connectivity index (χ3v) is 6.85. The molecule has 4 rings (SSSR count). The fraction of sp³-hybridized carbons (Fsp3) is 0.621. The molecule has 0 amide bonds. The van der Waals surface area contributed by atoms with Crippen LogP contribution in [0.4, 0.5) is 4.39 Å². The van der Waals surface area contributed by atoms with E-state index in [1.165, 1.54) is 19.1 Å². The van der Waals surface area contributed by atoms with E-state index in [1.54, 1.807) is 12.1 Å². The standard InChI is InChI=1S/C29H37FO7/c1-20(31)8-14-24-25(27(18-26(24)32)37-29-7-3-5-17-34-29)15-13-23(36-28-6-2-4-16-33-28)19-35-22-11-9-21(30)10-12-22/h9-13,15,23-29,32H,2-7,16-19H2,1H3. The van der Waals surface area contributed by atoms with Crippen LogP contribution in [-0.2, 0) is 23.7 Å². The molecule has 1 aromatic rings. The van der Waals surface area contributed by atoms with Crippen molar-refractivity contribution >= 4 is 5.78 Å². The highest BCUT2D eigenvalue weighted by atomic mass is 19.1. The van der Waals surface area contributed by atoms with Gasteiger partial charge in [0.25, 0.3) is 0 Å². The lowest BCUT2D eigenvalue weighted by Crippen LogP contribution is -2.32. The van der Waals surface area contributed by atoms with Crippen LogP contribution in [0.1, 0.15) is 51.9 Å². The van der Waals surface area contributed by atoms with E-state index in [0.29, 0.717) is 25.4 Å². The SMILES string of the molecule is CC(=O)C#CC1C(O)CC(OC2CCCCO2)C1C=CC(COc1ccc(F)cc1)OC1CCCCO1. The van der Waals surface area contributed by atoms with Gasteiger partial charge >= 0.3 is 0 Å². The maximum Gasteiger partial charge on any atom is 0.202 e. The molecule has 2 heterocycles. The number of ketones is 1. The second-order valence-electron chi connectivity index (χ2n) is 9.82. The molecule has 7 atom stereocenters. The number of benzene rings is 1. The molecule has 0 spiro atoms. The van der Waals surface area contributed by atoms with Crippen molar-refractivity contribution in [3.8, 4) is 17.6 Å². The van der Waals surface area contributed by atoms with Crippen LogP contribution in [0.3, 0.4) is 0 Å². The van der Waals surface area contributed by atoms with E-state index < -0.39 is 18.1 Å². The second-order valence-corrected chi connectivity index (χ2v) is 9.82. The summed E-state index contributed by atoms with van der Waals surface area (Å²) in [6.45, 7) is 2.91. The van der Waals surface area contributed by atoms with Crippen LogP contribution in [0.15, 0.2) is 36.4 Å². The zero-order valence-electron chi connectivity index (χ0n) is 21.4. The van der Waals surface area contributed by atoms with Crippen LogP contribution >= 0.6 is 0 Å². The Labute approximate surface area is 218 Å². The number of Topliss-reactive ketones (excluding diaryl/α,β-unsaturated/α-hetero) is 1. The van der Waals surface area contributed by atoms with Crippen LogP contribution in [0.5, 0.6) is 5.75 Å². The lowest BCUT2D eigenvalue weighted by molar-refractivity contribution is -0.193. The van der Waals surface area contributed by atoms with Crippen LogP contribution in [-0.4, -0.2) is 61.6 Å². The normalized spacial score (nSPS) is 31.0. The summed E-state index contributed by atoms with van der Waals surface area (Å²) in [5, 5.41) is 10.8. The van der Waals surface area contributed by atoms with Gasteiger partial charge in [0.15, 0.2) is 12.6 Å². The molecule has 2 saturated heterocycles. The number of carbonyl (C=O) groups excluding carboxylic acids is 1. The summed E-state index contributed by atoms with van der Waals surface area (Å²) < 4.78 is 43.2. The van der Waals surface area contributed by atoms with Gasteiger partial charge in [0.2, 0.25) is 5.78 Å². The monoisotopic (exact) mass is 516 g/mol. The average molecular weight is 517 g/mol. The molecule has 0 aromatic heterocycles. The number of rotatable bonds is 9. The van der Waals surface area contributed by atoms with Gasteiger partial charge in [-0.1, -0.05) is 18.1 Å². The molecule has 202 valence electrons. The average Bonchev–Trinajstić information content (AvgIpc) is 3.19. The summed E-state index contributed by atoms with van der Waals surface area (Å²) in [7, 11) is 0. The van der Waals surface area contributed by atoms with Gasteiger partial charge in [0, 0.05) is 32.5 Å². The maximum absolute atomic E-state index is 13.3. The molecule has 0 radical (unpaired) electrons. The summed E-state index contributed by atoms with van der Waals surface area (Å²) in [6.07, 6.45) is 7.76. The Kier molecular flexibility index (Phi) is 10.5. The van der Waals surface area contributed by atoms with Gasteiger partial charge in [-0.2, -0.15) is 0 Å². The quantitative estimate of drug-likeness (QED) is 0.300. The smallest absolute Gasteiger partial charge is 0.202 e. The van der Waals surface area contributed by atoms with E-state index in [4.69, 9.17) is 23.7 Å². The van der Waals surface area contributed by atoms with Crippen LogP contribution < -0.4 is 4.74 Å². The second kappa shape index (κ2) is 14.0. The van der Waals surface area contributed by atoms with Gasteiger partial charge in [-0.05, 0) is 68.7 Å². The Morgan fingerprint density at radius 3 is 2.49 bits per heavy atom. The van der Waals surface area contributed by atoms with Crippen molar-refractivity contribution in [3.05, 3.63) is 42.2 Å². The van der Waals surface area contributed by atoms with Crippen molar-refractivity contribution in [2.45, 2.75) is 82.8 Å². The number of ether oxygens (including phenoxy) is 5. The summed E-state index contributed by atoms with van der Waals surface area (Å²) in [5.41, 5.74) is 0. The van der Waals surface area contributed by atoms with Gasteiger partial charge in [-0.3, -0.25) is 4.79 Å². The zero-order valence-corrected chi connectivity index (χ0v) is 21.4. The van der Waals surface area contributed by atoms with Crippen molar-refractivity contribution in [2.75, 3.05) is 19.8 Å². The molecular formula is C29H37FO7. The maximum atomic E-state index is 13.3. The van der Waals surface area contributed by atoms with E-state index >= 15 is 0 Å². The Hall–Kier alpha value is -2.28. The van der Waals surface area contributed by atoms with Crippen molar-refractivity contribution < 1.29 is 38.0 Å². The molecule has 1 aromatic carbocycles. The molecule has 7 unspecified atom stereocenters. The Morgan fingerprint density at radius 2 is 1.84 bits per heavy atom. The third kappa shape index (κ3) is 8.62. The first kappa shape index (κ1) is 27.7. The number of halogens is 1. The first-order valence-corrected chi connectivity index (χ1v) is 13.3.